The van der Waals surface area contributed by atoms with Crippen molar-refractivity contribution in [2.45, 2.75) is 110 Å². The SMILES string of the molecule is C=CC(=O)Nc1cc(Nc2nc(-c3ccnc(N4CCn5c(cc6c5CC(C)(C)C6)C4=O)c3CO)cnc2OC)ccc1N1CCN(C2CCN(c3ccc4c(c3)CN(C3CCC(=O)NC3=O)C4=O)[C@@H](C)C2)C[C@@H]1C. The number of nitrogens with one attached hydrogen (secondary N) is 3. The number of aliphatic hydroxyl groups excluding tert-OH is 1. The van der Waals surface area contributed by atoms with E-state index in [1.165, 1.54) is 24.4 Å². The predicted octanol–water partition coefficient (Wildman–Crippen LogP) is 5.82. The van der Waals surface area contributed by atoms with Crippen LogP contribution in [0.5, 0.6) is 5.88 Å². The molecule has 1 aliphatic carbocycles. The van der Waals surface area contributed by atoms with Crippen molar-refractivity contribution in [2.75, 3.05) is 65.2 Å². The number of aliphatic hydroxyl groups is 1. The van der Waals surface area contributed by atoms with Crippen LogP contribution in [0.1, 0.15) is 96.6 Å². The summed E-state index contributed by atoms with van der Waals surface area (Å²) >= 11 is 0. The molecule has 0 radical (unpaired) electrons. The molecule has 0 saturated carbocycles. The first-order valence-corrected chi connectivity index (χ1v) is 26.0. The Morgan fingerprint density at radius 3 is 2.51 bits per heavy atom. The number of hydrogen-bond acceptors (Lipinski definition) is 14. The molecule has 4 atom stereocenters. The number of imide groups is 1. The molecule has 3 aromatic heterocycles. The summed E-state index contributed by atoms with van der Waals surface area (Å²) in [5.74, 6) is -0.463. The summed E-state index contributed by atoms with van der Waals surface area (Å²) in [6.45, 7) is 16.9. The maximum absolute atomic E-state index is 14.1. The second-order valence-corrected chi connectivity index (χ2v) is 21.6. The Labute approximate surface area is 435 Å². The fourth-order valence-electron chi connectivity index (χ4n) is 12.5. The third-order valence-electron chi connectivity index (χ3n) is 16.2. The minimum absolute atomic E-state index is 0.111. The predicted molar refractivity (Wildman–Crippen MR) is 284 cm³/mol. The molecule has 11 rings (SSSR count). The Morgan fingerprint density at radius 2 is 1.75 bits per heavy atom. The number of anilines is 6. The monoisotopic (exact) mass is 1020 g/mol. The molecule has 19 heteroatoms. The van der Waals surface area contributed by atoms with Gasteiger partial charge in [0.15, 0.2) is 5.82 Å². The van der Waals surface area contributed by atoms with Gasteiger partial charge < -0.3 is 39.7 Å². The molecule has 4 N–H and O–H groups in total. The lowest BCUT2D eigenvalue weighted by Crippen LogP contribution is -2.58. The number of aromatic nitrogens is 4. The number of carbonyl (C=O) groups excluding carboxylic acids is 5. The Hall–Kier alpha value is -7.64. The Bertz CT molecular complexity index is 3170. The normalized spacial score (nSPS) is 22.4. The van der Waals surface area contributed by atoms with Crippen molar-refractivity contribution >= 4 is 63.9 Å². The Morgan fingerprint density at radius 1 is 0.907 bits per heavy atom. The smallest absolute Gasteiger partial charge is 0.276 e. The van der Waals surface area contributed by atoms with Crippen molar-refractivity contribution in [3.8, 4) is 17.1 Å². The summed E-state index contributed by atoms with van der Waals surface area (Å²) < 4.78 is 7.83. The third kappa shape index (κ3) is 9.15. The molecular weight excluding hydrogens is 953 g/mol. The molecule has 390 valence electrons. The largest absolute Gasteiger partial charge is 0.478 e. The number of pyridine rings is 1. The number of benzene rings is 2. The molecule has 5 aliphatic heterocycles. The molecule has 3 saturated heterocycles. The lowest BCUT2D eigenvalue weighted by atomic mass is 9.90. The minimum Gasteiger partial charge on any atom is -0.478 e. The highest BCUT2D eigenvalue weighted by Gasteiger charge is 2.41. The van der Waals surface area contributed by atoms with Crippen LogP contribution in [0, 0.1) is 5.41 Å². The van der Waals surface area contributed by atoms with Crippen LogP contribution >= 0.6 is 0 Å². The first kappa shape index (κ1) is 49.6. The van der Waals surface area contributed by atoms with Crippen molar-refractivity contribution in [3.63, 3.8) is 0 Å². The highest BCUT2D eigenvalue weighted by atomic mass is 16.5. The van der Waals surface area contributed by atoms with Crippen LogP contribution in [-0.4, -0.2) is 128 Å². The van der Waals surface area contributed by atoms with Gasteiger partial charge in [0.1, 0.15) is 17.6 Å². The van der Waals surface area contributed by atoms with Crippen molar-refractivity contribution in [1.82, 2.24) is 34.6 Å². The first-order chi connectivity index (χ1) is 36.1. The maximum atomic E-state index is 14.1. The average Bonchev–Trinajstić information content (AvgIpc) is 4.02. The summed E-state index contributed by atoms with van der Waals surface area (Å²) in [4.78, 5) is 89.6. The van der Waals surface area contributed by atoms with Crippen LogP contribution in [0.4, 0.5) is 34.4 Å². The van der Waals surface area contributed by atoms with Crippen LogP contribution in [-0.2, 0) is 46.9 Å². The summed E-state index contributed by atoms with van der Waals surface area (Å²) in [5.41, 5.74) is 9.38. The molecule has 3 fully saturated rings. The molecule has 8 heterocycles. The van der Waals surface area contributed by atoms with Crippen molar-refractivity contribution in [2.24, 2.45) is 5.41 Å². The van der Waals surface area contributed by atoms with Gasteiger partial charge in [0, 0.05) is 110 Å². The molecule has 75 heavy (non-hydrogen) atoms. The number of rotatable bonds is 12. The van der Waals surface area contributed by atoms with Gasteiger partial charge in [-0.1, -0.05) is 20.4 Å². The van der Waals surface area contributed by atoms with Gasteiger partial charge in [-0.15, -0.1) is 0 Å². The van der Waals surface area contributed by atoms with E-state index in [1.54, 1.807) is 28.3 Å². The van der Waals surface area contributed by atoms with Crippen LogP contribution in [0.15, 0.2) is 73.6 Å². The Kier molecular flexibility index (Phi) is 12.9. The molecule has 0 spiro atoms. The number of methoxy groups -OCH3 is 1. The highest BCUT2D eigenvalue weighted by Crippen LogP contribution is 2.42. The maximum Gasteiger partial charge on any atom is 0.276 e. The summed E-state index contributed by atoms with van der Waals surface area (Å²) in [6.07, 6.45) is 8.79. The molecule has 5 amide bonds. The molecule has 19 nitrogen and oxygen atoms in total. The zero-order valence-corrected chi connectivity index (χ0v) is 43.2. The number of carbonyl (C=O) groups is 5. The molecular formula is C56H64N12O7. The van der Waals surface area contributed by atoms with E-state index in [0.717, 1.165) is 68.8 Å². The van der Waals surface area contributed by atoms with Gasteiger partial charge in [0.05, 0.1) is 37.0 Å². The first-order valence-electron chi connectivity index (χ1n) is 26.0. The van der Waals surface area contributed by atoms with Crippen molar-refractivity contribution < 1.29 is 33.8 Å². The van der Waals surface area contributed by atoms with E-state index < -0.39 is 11.9 Å². The number of hydrogen-bond donors (Lipinski definition) is 4. The Balaban J connectivity index is 0.769. The molecule has 2 aromatic carbocycles. The second-order valence-electron chi connectivity index (χ2n) is 21.6. The molecule has 5 aromatic rings. The standard InChI is InChI=1S/C56H64N12O7/c1-7-48(70)60-42-25-36(59-50-53(75-6)58-28-43(61-50)40-14-16-57-51(41(40)31-69)67-21-20-66-46(55(67)74)24-34-26-56(4,5)27-47(34)66)8-11-44(42)65-19-18-63(29-33(65)3)37-15-17-64(32(2)22-37)38-9-10-39-35(23-38)30-68(54(39)73)45-12-13-49(71)62-52(45)72/h7-11,14,16,23-25,28,32-33,37,45,69H,1,12-13,15,17-22,26-27,29-31H2,2-6H3,(H,59,61)(H,60,70)(H,62,71,72)/t32-,33-,37?,45?/m0/s1. The number of piperidine rings is 2. The highest BCUT2D eigenvalue weighted by molar-refractivity contribution is 6.07. The van der Waals surface area contributed by atoms with Gasteiger partial charge in [-0.2, -0.15) is 0 Å². The number of fused-ring (bicyclic) bond motifs is 4. The summed E-state index contributed by atoms with van der Waals surface area (Å²) in [5, 5.41) is 19.7. The van der Waals surface area contributed by atoms with Gasteiger partial charge in [0.25, 0.3) is 17.7 Å². The van der Waals surface area contributed by atoms with Gasteiger partial charge in [-0.3, -0.25) is 39.1 Å². The van der Waals surface area contributed by atoms with Crippen LogP contribution in [0.3, 0.4) is 0 Å². The number of nitrogens with zero attached hydrogens (tertiary/aromatic N) is 9. The zero-order chi connectivity index (χ0) is 52.4. The number of ether oxygens (including phenoxy) is 1. The van der Waals surface area contributed by atoms with Gasteiger partial charge in [-0.05, 0) is 117 Å². The summed E-state index contributed by atoms with van der Waals surface area (Å²) in [7, 11) is 1.51. The number of amides is 5. The van der Waals surface area contributed by atoms with E-state index >= 15 is 0 Å². The fraction of sp³-hybridized carbons (Fsp3) is 0.429. The zero-order valence-electron chi connectivity index (χ0n) is 43.2. The summed E-state index contributed by atoms with van der Waals surface area (Å²) in [6, 6.07) is 15.6. The van der Waals surface area contributed by atoms with E-state index in [4.69, 9.17) is 9.72 Å². The molecule has 6 aliphatic rings. The van der Waals surface area contributed by atoms with E-state index in [2.05, 4.69) is 85.5 Å². The third-order valence-corrected chi connectivity index (χ3v) is 16.2. The van der Waals surface area contributed by atoms with Crippen LogP contribution in [0.2, 0.25) is 0 Å². The van der Waals surface area contributed by atoms with Gasteiger partial charge >= 0.3 is 0 Å². The van der Waals surface area contributed by atoms with E-state index in [1.807, 2.05) is 36.4 Å². The van der Waals surface area contributed by atoms with Crippen molar-refractivity contribution in [1.29, 1.82) is 0 Å². The molecule has 0 bridgehead atoms. The van der Waals surface area contributed by atoms with Gasteiger partial charge in [0.2, 0.25) is 17.7 Å². The van der Waals surface area contributed by atoms with Crippen molar-refractivity contribution in [3.05, 3.63) is 107 Å². The second kappa shape index (κ2) is 19.6. The van der Waals surface area contributed by atoms with E-state index in [-0.39, 0.29) is 60.0 Å². The fourth-order valence-corrected chi connectivity index (χ4v) is 12.5. The van der Waals surface area contributed by atoms with Gasteiger partial charge in [-0.25, -0.2) is 15.0 Å². The van der Waals surface area contributed by atoms with Crippen LogP contribution < -0.4 is 35.4 Å². The van der Waals surface area contributed by atoms with E-state index in [0.29, 0.717) is 83.2 Å². The molecule has 2 unspecified atom stereocenters. The lowest BCUT2D eigenvalue weighted by molar-refractivity contribution is -0.137. The number of piperazine rings is 1. The van der Waals surface area contributed by atoms with E-state index in [9.17, 15) is 29.1 Å². The van der Waals surface area contributed by atoms with Crippen LogP contribution in [0.25, 0.3) is 11.3 Å². The lowest BCUT2D eigenvalue weighted by Gasteiger charge is -2.48. The average molecular weight is 1020 g/mol. The topological polar surface area (TPSA) is 211 Å². The quantitative estimate of drug-likeness (QED) is 0.0858. The minimum atomic E-state index is -0.645.